The number of rotatable bonds is 3. The van der Waals surface area contributed by atoms with E-state index in [1.807, 2.05) is 37.3 Å². The van der Waals surface area contributed by atoms with Crippen LogP contribution in [0.15, 0.2) is 42.7 Å². The lowest BCUT2D eigenvalue weighted by molar-refractivity contribution is 0.600. The minimum atomic E-state index is -0.165. The molecular formula is C12H14N4. The summed E-state index contributed by atoms with van der Waals surface area (Å²) in [5.41, 5.74) is 4.81. The van der Waals surface area contributed by atoms with Crippen molar-refractivity contribution < 1.29 is 0 Å². The van der Waals surface area contributed by atoms with Crippen LogP contribution in [0.2, 0.25) is 0 Å². The average Bonchev–Trinajstić information content (AvgIpc) is 2.34. The molecule has 0 bridgehead atoms. The molecule has 0 aliphatic carbocycles. The van der Waals surface area contributed by atoms with Gasteiger partial charge in [-0.25, -0.2) is 15.4 Å². The van der Waals surface area contributed by atoms with Crippen LogP contribution in [0.5, 0.6) is 0 Å². The van der Waals surface area contributed by atoms with Crippen molar-refractivity contribution in [3.8, 4) is 0 Å². The molecule has 1 heterocycles. The van der Waals surface area contributed by atoms with Crippen LogP contribution in [0.25, 0.3) is 0 Å². The largest absolute Gasteiger partial charge is 0.270 e. The number of aryl methyl sites for hydroxylation is 1. The Morgan fingerprint density at radius 3 is 2.31 bits per heavy atom. The van der Waals surface area contributed by atoms with Crippen molar-refractivity contribution >= 4 is 0 Å². The molecule has 2 rings (SSSR count). The zero-order valence-electron chi connectivity index (χ0n) is 9.09. The van der Waals surface area contributed by atoms with E-state index in [1.54, 1.807) is 12.4 Å². The highest BCUT2D eigenvalue weighted by Crippen LogP contribution is 2.16. The number of benzene rings is 1. The summed E-state index contributed by atoms with van der Waals surface area (Å²) in [6.45, 7) is 1.96. The molecule has 0 saturated heterocycles. The van der Waals surface area contributed by atoms with Crippen LogP contribution >= 0.6 is 0 Å². The topological polar surface area (TPSA) is 63.8 Å². The average molecular weight is 214 g/mol. The highest BCUT2D eigenvalue weighted by Gasteiger charge is 2.14. The van der Waals surface area contributed by atoms with Gasteiger partial charge in [0.15, 0.2) is 5.82 Å². The van der Waals surface area contributed by atoms with Gasteiger partial charge in [-0.15, -0.1) is 0 Å². The second-order valence-electron chi connectivity index (χ2n) is 3.63. The Hall–Kier alpha value is -1.78. The molecule has 82 valence electrons. The lowest BCUT2D eigenvalue weighted by Crippen LogP contribution is -2.30. The summed E-state index contributed by atoms with van der Waals surface area (Å²) >= 11 is 0. The Bertz CT molecular complexity index is 438. The van der Waals surface area contributed by atoms with Gasteiger partial charge in [-0.2, -0.15) is 0 Å². The Morgan fingerprint density at radius 2 is 1.75 bits per heavy atom. The second-order valence-corrected chi connectivity index (χ2v) is 3.63. The predicted molar refractivity (Wildman–Crippen MR) is 62.4 cm³/mol. The minimum absolute atomic E-state index is 0.165. The summed E-state index contributed by atoms with van der Waals surface area (Å²) in [6.07, 6.45) is 3.57. The van der Waals surface area contributed by atoms with E-state index in [0.29, 0.717) is 5.82 Å². The number of nitrogens with one attached hydrogen (secondary N) is 1. The number of hydrazine groups is 1. The Labute approximate surface area is 94.5 Å². The number of nitrogens with zero attached hydrogens (tertiary/aromatic N) is 2. The number of aromatic nitrogens is 2. The van der Waals surface area contributed by atoms with Crippen LogP contribution in [0.1, 0.15) is 23.0 Å². The fraction of sp³-hybridized carbons (Fsp3) is 0.167. The van der Waals surface area contributed by atoms with Crippen molar-refractivity contribution in [2.24, 2.45) is 5.84 Å². The molecular weight excluding hydrogens is 200 g/mol. The molecule has 16 heavy (non-hydrogen) atoms. The first-order valence-electron chi connectivity index (χ1n) is 5.11. The first kappa shape index (κ1) is 10.7. The summed E-state index contributed by atoms with van der Waals surface area (Å²) in [6, 6.07) is 9.72. The molecule has 0 amide bonds. The third-order valence-corrected chi connectivity index (χ3v) is 2.36. The molecule has 3 N–H and O–H groups in total. The lowest BCUT2D eigenvalue weighted by Gasteiger charge is -2.14. The van der Waals surface area contributed by atoms with Crippen LogP contribution in [-0.4, -0.2) is 9.97 Å². The lowest BCUT2D eigenvalue weighted by atomic mass is 10.1. The van der Waals surface area contributed by atoms with E-state index >= 15 is 0 Å². The van der Waals surface area contributed by atoms with Crippen molar-refractivity contribution in [2.75, 3.05) is 0 Å². The van der Waals surface area contributed by atoms with E-state index in [2.05, 4.69) is 15.4 Å². The van der Waals surface area contributed by atoms with Gasteiger partial charge in [0.2, 0.25) is 0 Å². The first-order chi connectivity index (χ1) is 7.81. The summed E-state index contributed by atoms with van der Waals surface area (Å²) in [7, 11) is 0. The van der Waals surface area contributed by atoms with Crippen molar-refractivity contribution in [3.63, 3.8) is 0 Å². The summed E-state index contributed by atoms with van der Waals surface area (Å²) in [5, 5.41) is 0. The molecule has 0 fully saturated rings. The molecule has 0 spiro atoms. The van der Waals surface area contributed by atoms with Gasteiger partial charge in [0.25, 0.3) is 0 Å². The van der Waals surface area contributed by atoms with Crippen molar-refractivity contribution in [1.82, 2.24) is 15.4 Å². The van der Waals surface area contributed by atoms with E-state index in [1.165, 1.54) is 0 Å². The zero-order chi connectivity index (χ0) is 11.4. The van der Waals surface area contributed by atoms with Gasteiger partial charge >= 0.3 is 0 Å². The summed E-state index contributed by atoms with van der Waals surface area (Å²) in [4.78, 5) is 8.54. The standard InChI is InChI=1S/C12H14N4/c1-9-7-14-12(15-8-9)11(16-13)10-5-3-2-4-6-10/h2-8,11,16H,13H2,1H3. The van der Waals surface area contributed by atoms with Gasteiger partial charge < -0.3 is 0 Å². The molecule has 2 aromatic rings. The number of nitrogens with two attached hydrogens (primary N) is 1. The fourth-order valence-electron chi connectivity index (χ4n) is 1.52. The Balaban J connectivity index is 2.33. The van der Waals surface area contributed by atoms with E-state index < -0.39 is 0 Å². The zero-order valence-corrected chi connectivity index (χ0v) is 9.09. The van der Waals surface area contributed by atoms with Crippen molar-refractivity contribution in [3.05, 3.63) is 59.7 Å². The van der Waals surface area contributed by atoms with Gasteiger partial charge in [-0.1, -0.05) is 30.3 Å². The van der Waals surface area contributed by atoms with E-state index in [-0.39, 0.29) is 6.04 Å². The molecule has 4 nitrogen and oxygen atoms in total. The van der Waals surface area contributed by atoms with Gasteiger partial charge in [0, 0.05) is 12.4 Å². The maximum absolute atomic E-state index is 5.54. The van der Waals surface area contributed by atoms with Crippen LogP contribution in [0.3, 0.4) is 0 Å². The Morgan fingerprint density at radius 1 is 1.12 bits per heavy atom. The SMILES string of the molecule is Cc1cnc(C(NN)c2ccccc2)nc1. The smallest absolute Gasteiger partial charge is 0.150 e. The third kappa shape index (κ3) is 2.24. The van der Waals surface area contributed by atoms with Crippen LogP contribution in [-0.2, 0) is 0 Å². The molecule has 0 aliphatic rings. The van der Waals surface area contributed by atoms with Gasteiger partial charge in [-0.3, -0.25) is 5.84 Å². The minimum Gasteiger partial charge on any atom is -0.270 e. The maximum Gasteiger partial charge on any atom is 0.150 e. The van der Waals surface area contributed by atoms with Crippen molar-refractivity contribution in [2.45, 2.75) is 13.0 Å². The van der Waals surface area contributed by atoms with Gasteiger partial charge in [0.1, 0.15) is 6.04 Å². The molecule has 1 aromatic heterocycles. The second kappa shape index (κ2) is 4.83. The molecule has 0 saturated carbocycles. The number of hydrogen-bond acceptors (Lipinski definition) is 4. The van der Waals surface area contributed by atoms with Crippen LogP contribution in [0, 0.1) is 6.92 Å². The van der Waals surface area contributed by atoms with E-state index in [0.717, 1.165) is 11.1 Å². The normalized spacial score (nSPS) is 12.4. The van der Waals surface area contributed by atoms with Crippen LogP contribution in [0.4, 0.5) is 0 Å². The highest BCUT2D eigenvalue weighted by atomic mass is 15.2. The predicted octanol–water partition coefficient (Wildman–Crippen LogP) is 1.34. The highest BCUT2D eigenvalue weighted by molar-refractivity contribution is 5.24. The molecule has 4 heteroatoms. The molecule has 1 unspecified atom stereocenters. The maximum atomic E-state index is 5.54. The first-order valence-corrected chi connectivity index (χ1v) is 5.11. The molecule has 0 aliphatic heterocycles. The third-order valence-electron chi connectivity index (χ3n) is 2.36. The summed E-state index contributed by atoms with van der Waals surface area (Å²) < 4.78 is 0. The molecule has 1 atom stereocenters. The molecule has 1 aromatic carbocycles. The monoisotopic (exact) mass is 214 g/mol. The Kier molecular flexibility index (Phi) is 3.24. The van der Waals surface area contributed by atoms with Crippen molar-refractivity contribution in [1.29, 1.82) is 0 Å². The van der Waals surface area contributed by atoms with E-state index in [4.69, 9.17) is 5.84 Å². The van der Waals surface area contributed by atoms with Gasteiger partial charge in [-0.05, 0) is 18.1 Å². The molecule has 0 radical (unpaired) electrons. The van der Waals surface area contributed by atoms with Crippen LogP contribution < -0.4 is 11.3 Å². The number of hydrogen-bond donors (Lipinski definition) is 2. The fourth-order valence-corrected chi connectivity index (χ4v) is 1.52. The van der Waals surface area contributed by atoms with E-state index in [9.17, 15) is 0 Å². The summed E-state index contributed by atoms with van der Waals surface area (Å²) in [5.74, 6) is 6.22. The quantitative estimate of drug-likeness (QED) is 0.597. The van der Waals surface area contributed by atoms with Gasteiger partial charge in [0.05, 0.1) is 0 Å².